The minimum Gasteiger partial charge on any atom is -0.462 e. The number of rotatable bonds is 42. The summed E-state index contributed by atoms with van der Waals surface area (Å²) in [5.41, 5.74) is 0. The molecule has 0 rings (SSSR count). The zero-order chi connectivity index (χ0) is 39.3. The van der Waals surface area contributed by atoms with Crippen LogP contribution in [-0.2, 0) is 23.8 Å². The average molecular weight is 757 g/mol. The fourth-order valence-corrected chi connectivity index (χ4v) is 6.34. The van der Waals surface area contributed by atoms with Crippen LogP contribution in [0.2, 0.25) is 0 Å². The molecule has 0 aromatic carbocycles. The van der Waals surface area contributed by atoms with Gasteiger partial charge in [-0.2, -0.15) is 0 Å². The minimum atomic E-state index is -0.539. The van der Waals surface area contributed by atoms with Crippen molar-refractivity contribution in [2.24, 2.45) is 0 Å². The Morgan fingerprint density at radius 1 is 0.407 bits per heavy atom. The summed E-state index contributed by atoms with van der Waals surface area (Å²) in [6.07, 6.45) is 54.0. The summed E-state index contributed by atoms with van der Waals surface area (Å²) < 4.78 is 17.3. The van der Waals surface area contributed by atoms with Crippen LogP contribution in [0.15, 0.2) is 48.6 Å². The Balaban J connectivity index is 4.16. The maximum atomic E-state index is 12.6. The lowest BCUT2D eigenvalue weighted by molar-refractivity contribution is -0.163. The van der Waals surface area contributed by atoms with Crippen molar-refractivity contribution in [1.29, 1.82) is 0 Å². The van der Waals surface area contributed by atoms with Gasteiger partial charge in [-0.25, -0.2) is 0 Å². The predicted octanol–water partition coefficient (Wildman–Crippen LogP) is 15.2. The number of hydrogen-bond acceptors (Lipinski definition) is 5. The van der Waals surface area contributed by atoms with Crippen molar-refractivity contribution in [2.45, 2.75) is 232 Å². The first-order chi connectivity index (χ1) is 26.6. The van der Waals surface area contributed by atoms with Crippen LogP contribution in [0.5, 0.6) is 0 Å². The highest BCUT2D eigenvalue weighted by atomic mass is 16.6. The zero-order valence-electron chi connectivity index (χ0n) is 36.0. The first-order valence-corrected chi connectivity index (χ1v) is 23.2. The van der Waals surface area contributed by atoms with Gasteiger partial charge in [-0.3, -0.25) is 9.59 Å². The van der Waals surface area contributed by atoms with Crippen molar-refractivity contribution in [3.63, 3.8) is 0 Å². The van der Waals surface area contributed by atoms with E-state index in [1.54, 1.807) is 0 Å². The van der Waals surface area contributed by atoms with Gasteiger partial charge >= 0.3 is 11.9 Å². The molecule has 0 N–H and O–H groups in total. The van der Waals surface area contributed by atoms with E-state index in [2.05, 4.69) is 69.4 Å². The summed E-state index contributed by atoms with van der Waals surface area (Å²) in [5, 5.41) is 0. The third-order valence-electron chi connectivity index (χ3n) is 9.82. The van der Waals surface area contributed by atoms with Crippen molar-refractivity contribution in [2.75, 3.05) is 19.8 Å². The highest BCUT2D eigenvalue weighted by Crippen LogP contribution is 2.13. The largest absolute Gasteiger partial charge is 0.462 e. The topological polar surface area (TPSA) is 61.8 Å². The number of carbonyl (C=O) groups excluding carboxylic acids is 2. The Kier molecular flexibility index (Phi) is 43.5. The van der Waals surface area contributed by atoms with Gasteiger partial charge in [0.05, 0.1) is 6.61 Å². The second-order valence-electron chi connectivity index (χ2n) is 15.3. The highest BCUT2D eigenvalue weighted by Gasteiger charge is 2.17. The number of carbonyl (C=O) groups is 2. The summed E-state index contributed by atoms with van der Waals surface area (Å²) in [4.78, 5) is 25.1. The van der Waals surface area contributed by atoms with Crippen molar-refractivity contribution >= 4 is 11.9 Å². The maximum Gasteiger partial charge on any atom is 0.306 e. The van der Waals surface area contributed by atoms with Gasteiger partial charge in [0.1, 0.15) is 6.61 Å². The van der Waals surface area contributed by atoms with E-state index in [4.69, 9.17) is 14.2 Å². The fraction of sp³-hybridized carbons (Fsp3) is 0.796. The molecule has 0 heterocycles. The SMILES string of the molecule is CCC/C=C\C/C=C\CCCCCCCCOCC(COC(=O)CCCCCCCCC/C=C\C/C=C\CCCCC)OC(=O)CCCCCCCCC. The smallest absolute Gasteiger partial charge is 0.306 e. The van der Waals surface area contributed by atoms with E-state index in [0.717, 1.165) is 57.8 Å². The van der Waals surface area contributed by atoms with E-state index in [1.807, 2.05) is 0 Å². The molecular weight excluding hydrogens is 669 g/mol. The van der Waals surface area contributed by atoms with Crippen LogP contribution in [0.4, 0.5) is 0 Å². The normalized spacial score (nSPS) is 12.6. The molecule has 0 spiro atoms. The first-order valence-electron chi connectivity index (χ1n) is 23.2. The van der Waals surface area contributed by atoms with Gasteiger partial charge in [-0.05, 0) is 77.0 Å². The lowest BCUT2D eigenvalue weighted by atomic mass is 10.1. The van der Waals surface area contributed by atoms with Crippen LogP contribution in [0, 0.1) is 0 Å². The maximum absolute atomic E-state index is 12.6. The standard InChI is InChI=1S/C49H88O5/c1-4-7-10-13-16-18-20-22-24-25-26-27-29-31-34-36-39-42-48(50)53-46-47(54-49(51)43-40-37-33-15-12-9-6-3)45-52-44-41-38-35-32-30-28-23-21-19-17-14-11-8-5-2/h11,14,16,18-19,21-22,24,47H,4-10,12-13,15,17,20,23,25-46H2,1-3H3/b14-11-,18-16-,21-19-,24-22-. The quantitative estimate of drug-likeness (QED) is 0.0353. The third kappa shape index (κ3) is 42.6. The molecule has 0 saturated carbocycles. The van der Waals surface area contributed by atoms with Crippen LogP contribution < -0.4 is 0 Å². The average Bonchev–Trinajstić information content (AvgIpc) is 3.17. The molecule has 5 nitrogen and oxygen atoms in total. The molecule has 0 saturated heterocycles. The monoisotopic (exact) mass is 757 g/mol. The lowest BCUT2D eigenvalue weighted by Crippen LogP contribution is -2.30. The van der Waals surface area contributed by atoms with Crippen molar-refractivity contribution in [3.05, 3.63) is 48.6 Å². The van der Waals surface area contributed by atoms with Crippen LogP contribution in [0.25, 0.3) is 0 Å². The second-order valence-corrected chi connectivity index (χ2v) is 15.3. The molecule has 0 aliphatic carbocycles. The predicted molar refractivity (Wildman–Crippen MR) is 233 cm³/mol. The van der Waals surface area contributed by atoms with Crippen LogP contribution in [0.1, 0.15) is 226 Å². The number of allylic oxidation sites excluding steroid dienone is 8. The van der Waals surface area contributed by atoms with E-state index < -0.39 is 6.10 Å². The summed E-state index contributed by atoms with van der Waals surface area (Å²) in [5.74, 6) is -0.414. The van der Waals surface area contributed by atoms with Gasteiger partial charge in [0.25, 0.3) is 0 Å². The number of hydrogen-bond donors (Lipinski definition) is 0. The Morgan fingerprint density at radius 2 is 0.815 bits per heavy atom. The molecule has 0 amide bonds. The summed E-state index contributed by atoms with van der Waals surface area (Å²) >= 11 is 0. The number of esters is 2. The number of unbranched alkanes of at least 4 members (excludes halogenated alkanes) is 23. The van der Waals surface area contributed by atoms with Gasteiger partial charge in [0, 0.05) is 19.4 Å². The van der Waals surface area contributed by atoms with Gasteiger partial charge in [-0.15, -0.1) is 0 Å². The van der Waals surface area contributed by atoms with E-state index in [1.165, 1.54) is 135 Å². The summed E-state index contributed by atoms with van der Waals surface area (Å²) in [6.45, 7) is 7.68. The molecule has 1 unspecified atom stereocenters. The second kappa shape index (κ2) is 45.3. The van der Waals surface area contributed by atoms with E-state index in [-0.39, 0.29) is 25.2 Å². The molecule has 0 aliphatic rings. The first kappa shape index (κ1) is 51.9. The van der Waals surface area contributed by atoms with Gasteiger partial charge in [0.15, 0.2) is 6.10 Å². The molecule has 0 aromatic rings. The molecule has 314 valence electrons. The summed E-state index contributed by atoms with van der Waals surface area (Å²) in [6, 6.07) is 0. The third-order valence-corrected chi connectivity index (χ3v) is 9.82. The number of ether oxygens (including phenoxy) is 3. The molecule has 0 fully saturated rings. The molecule has 0 radical (unpaired) electrons. The van der Waals surface area contributed by atoms with E-state index in [9.17, 15) is 9.59 Å². The zero-order valence-corrected chi connectivity index (χ0v) is 36.0. The van der Waals surface area contributed by atoms with Gasteiger partial charge < -0.3 is 14.2 Å². The highest BCUT2D eigenvalue weighted by molar-refractivity contribution is 5.70. The molecular formula is C49H88O5. The van der Waals surface area contributed by atoms with Crippen LogP contribution in [0.3, 0.4) is 0 Å². The summed E-state index contributed by atoms with van der Waals surface area (Å²) in [7, 11) is 0. The van der Waals surface area contributed by atoms with Gasteiger partial charge in [-0.1, -0.05) is 185 Å². The molecule has 54 heavy (non-hydrogen) atoms. The van der Waals surface area contributed by atoms with E-state index >= 15 is 0 Å². The lowest BCUT2D eigenvalue weighted by Gasteiger charge is -2.18. The van der Waals surface area contributed by atoms with Crippen molar-refractivity contribution < 1.29 is 23.8 Å². The molecule has 5 heteroatoms. The Morgan fingerprint density at radius 3 is 1.33 bits per heavy atom. The van der Waals surface area contributed by atoms with E-state index in [0.29, 0.717) is 19.4 Å². The molecule has 0 aromatic heterocycles. The van der Waals surface area contributed by atoms with Crippen molar-refractivity contribution in [1.82, 2.24) is 0 Å². The van der Waals surface area contributed by atoms with Crippen LogP contribution in [-0.4, -0.2) is 37.9 Å². The van der Waals surface area contributed by atoms with Gasteiger partial charge in [0.2, 0.25) is 0 Å². The Hall–Kier alpha value is -2.14. The Labute approximate surface area is 335 Å². The van der Waals surface area contributed by atoms with Crippen molar-refractivity contribution in [3.8, 4) is 0 Å². The molecule has 1 atom stereocenters. The minimum absolute atomic E-state index is 0.0781. The Bertz CT molecular complexity index is 904. The fourth-order valence-electron chi connectivity index (χ4n) is 6.34. The molecule has 0 aliphatic heterocycles. The van der Waals surface area contributed by atoms with Crippen LogP contribution >= 0.6 is 0 Å². The molecule has 0 bridgehead atoms.